The van der Waals surface area contributed by atoms with Crippen LogP contribution in [0.1, 0.15) is 16.1 Å². The van der Waals surface area contributed by atoms with Gasteiger partial charge in [-0.25, -0.2) is 18.4 Å². The van der Waals surface area contributed by atoms with Crippen LogP contribution in [0.15, 0.2) is 57.4 Å². The molecule has 7 nitrogen and oxygen atoms in total. The molecule has 0 amide bonds. The summed E-state index contributed by atoms with van der Waals surface area (Å²) in [5, 5.41) is 19.5. The molecule has 2 heterocycles. The summed E-state index contributed by atoms with van der Waals surface area (Å²) in [5.41, 5.74) is 0.444. The van der Waals surface area contributed by atoms with Crippen LogP contribution in [-0.2, 0) is 16.6 Å². The van der Waals surface area contributed by atoms with Crippen LogP contribution in [0.25, 0.3) is 10.4 Å². The number of furan rings is 1. The number of thiophene rings is 1. The number of nitrogens with two attached hydrogens (primary N) is 1. The predicted octanol–water partition coefficient (Wildman–Crippen LogP) is 2.97. The van der Waals surface area contributed by atoms with Crippen molar-refractivity contribution in [1.82, 2.24) is 0 Å². The van der Waals surface area contributed by atoms with Crippen molar-refractivity contribution in [2.75, 3.05) is 5.32 Å². The third kappa shape index (κ3) is 3.73. The topological polar surface area (TPSA) is 123 Å². The van der Waals surface area contributed by atoms with Crippen molar-refractivity contribution in [2.45, 2.75) is 11.4 Å². The molecule has 4 N–H and O–H groups in total. The molecule has 0 fully saturated rings. The second-order valence-corrected chi connectivity index (χ2v) is 7.63. The number of hydrogen-bond acceptors (Lipinski definition) is 6. The molecular weight excluding hydrogens is 364 g/mol. The third-order valence-corrected chi connectivity index (χ3v) is 5.33. The number of benzene rings is 1. The number of carboxylic acid groups (broad SMARTS) is 1. The highest BCUT2D eigenvalue weighted by Crippen LogP contribution is 2.35. The van der Waals surface area contributed by atoms with Gasteiger partial charge in [0.2, 0.25) is 10.0 Å². The Morgan fingerprint density at radius 1 is 1.28 bits per heavy atom. The maximum absolute atomic E-state index is 11.9. The summed E-state index contributed by atoms with van der Waals surface area (Å²) in [6.45, 7) is 0.256. The van der Waals surface area contributed by atoms with Crippen molar-refractivity contribution < 1.29 is 22.7 Å². The summed E-state index contributed by atoms with van der Waals surface area (Å²) in [6, 6.07) is 9.54. The molecule has 0 saturated carbocycles. The summed E-state index contributed by atoms with van der Waals surface area (Å²) < 4.78 is 29.1. The summed E-state index contributed by atoms with van der Waals surface area (Å²) in [4.78, 5) is 12.0. The van der Waals surface area contributed by atoms with Gasteiger partial charge in [-0.05, 0) is 35.7 Å². The average Bonchev–Trinajstić information content (AvgIpc) is 3.24. The molecular formula is C16H14N2O5S2. The maximum Gasteiger partial charge on any atom is 0.337 e. The molecule has 3 aromatic rings. The molecule has 0 aliphatic carbocycles. The highest BCUT2D eigenvalue weighted by molar-refractivity contribution is 7.89. The minimum absolute atomic E-state index is 0.184. The number of rotatable bonds is 6. The van der Waals surface area contributed by atoms with Gasteiger partial charge in [-0.1, -0.05) is 6.07 Å². The average molecular weight is 378 g/mol. The van der Waals surface area contributed by atoms with E-state index in [1.807, 2.05) is 0 Å². The zero-order chi connectivity index (χ0) is 18.0. The Morgan fingerprint density at radius 3 is 2.64 bits per heavy atom. The smallest absolute Gasteiger partial charge is 0.337 e. The van der Waals surface area contributed by atoms with Crippen LogP contribution in [0.4, 0.5) is 5.69 Å². The van der Waals surface area contributed by atoms with Crippen LogP contribution < -0.4 is 10.5 Å². The van der Waals surface area contributed by atoms with Gasteiger partial charge in [0.25, 0.3) is 0 Å². The Bertz CT molecular complexity index is 994. The molecule has 25 heavy (non-hydrogen) atoms. The molecule has 0 spiro atoms. The van der Waals surface area contributed by atoms with Gasteiger partial charge in [0, 0.05) is 16.1 Å². The Kier molecular flexibility index (Phi) is 4.62. The fourth-order valence-corrected chi connectivity index (χ4v) is 3.94. The first-order chi connectivity index (χ1) is 11.9. The van der Waals surface area contributed by atoms with Gasteiger partial charge in [0.1, 0.15) is 5.76 Å². The van der Waals surface area contributed by atoms with Crippen molar-refractivity contribution in [1.29, 1.82) is 0 Å². The van der Waals surface area contributed by atoms with Gasteiger partial charge >= 0.3 is 5.97 Å². The number of carboxylic acids is 1. The molecule has 3 rings (SSSR count). The van der Waals surface area contributed by atoms with E-state index in [4.69, 9.17) is 9.56 Å². The molecule has 0 unspecified atom stereocenters. The first-order valence-electron chi connectivity index (χ1n) is 7.10. The molecule has 9 heteroatoms. The van der Waals surface area contributed by atoms with E-state index in [0.717, 1.165) is 6.07 Å². The Morgan fingerprint density at radius 2 is 2.08 bits per heavy atom. The molecule has 0 aliphatic rings. The lowest BCUT2D eigenvalue weighted by Gasteiger charge is -2.14. The third-order valence-electron chi connectivity index (χ3n) is 3.48. The quantitative estimate of drug-likeness (QED) is 0.606. The fourth-order valence-electron chi connectivity index (χ4n) is 2.36. The zero-order valence-electron chi connectivity index (χ0n) is 12.8. The number of anilines is 1. The Hall–Kier alpha value is -2.62. The summed E-state index contributed by atoms with van der Waals surface area (Å²) >= 11 is 1.33. The van der Waals surface area contributed by atoms with Crippen LogP contribution in [0.2, 0.25) is 0 Å². The van der Waals surface area contributed by atoms with Gasteiger partial charge in [0.15, 0.2) is 0 Å². The number of primary sulfonamides is 1. The van der Waals surface area contributed by atoms with Gasteiger partial charge in [-0.2, -0.15) is 0 Å². The fraction of sp³-hybridized carbons (Fsp3) is 0.0625. The van der Waals surface area contributed by atoms with Crippen molar-refractivity contribution in [3.05, 3.63) is 59.4 Å². The van der Waals surface area contributed by atoms with Crippen LogP contribution in [-0.4, -0.2) is 19.5 Å². The highest BCUT2D eigenvalue weighted by Gasteiger charge is 2.22. The van der Waals surface area contributed by atoms with E-state index in [1.165, 1.54) is 23.7 Å². The lowest BCUT2D eigenvalue weighted by atomic mass is 10.1. The summed E-state index contributed by atoms with van der Waals surface area (Å²) in [6.07, 6.45) is 1.51. The Balaban J connectivity index is 2.13. The van der Waals surface area contributed by atoms with E-state index in [2.05, 4.69) is 5.32 Å². The SMILES string of the molecule is NS(=O)(=O)c1cc(C(=O)O)c(NCc2ccco2)cc1-c1cccs1. The number of carbonyl (C=O) groups is 1. The number of sulfonamides is 1. The van der Waals surface area contributed by atoms with E-state index in [-0.39, 0.29) is 22.7 Å². The normalized spacial score (nSPS) is 11.4. The predicted molar refractivity (Wildman–Crippen MR) is 94.1 cm³/mol. The lowest BCUT2D eigenvalue weighted by Crippen LogP contribution is -2.16. The van der Waals surface area contributed by atoms with Gasteiger partial charge in [-0.3, -0.25) is 0 Å². The highest BCUT2D eigenvalue weighted by atomic mass is 32.2. The lowest BCUT2D eigenvalue weighted by molar-refractivity contribution is 0.0697. The van der Waals surface area contributed by atoms with E-state index in [1.54, 1.807) is 29.6 Å². The molecule has 0 atom stereocenters. The van der Waals surface area contributed by atoms with E-state index >= 15 is 0 Å². The van der Waals surface area contributed by atoms with Gasteiger partial charge < -0.3 is 14.8 Å². The van der Waals surface area contributed by atoms with Crippen LogP contribution >= 0.6 is 11.3 Å². The molecule has 1 aromatic carbocycles. The van der Waals surface area contributed by atoms with Gasteiger partial charge in [-0.15, -0.1) is 11.3 Å². The van der Waals surface area contributed by atoms with E-state index in [9.17, 15) is 18.3 Å². The second-order valence-electron chi connectivity index (χ2n) is 5.15. The van der Waals surface area contributed by atoms with Crippen molar-refractivity contribution in [3.8, 4) is 10.4 Å². The second kappa shape index (κ2) is 6.71. The van der Waals surface area contributed by atoms with Crippen LogP contribution in [0, 0.1) is 0 Å². The first kappa shape index (κ1) is 17.2. The van der Waals surface area contributed by atoms with Gasteiger partial charge in [0.05, 0.1) is 23.3 Å². The summed E-state index contributed by atoms with van der Waals surface area (Å²) in [7, 11) is -4.09. The standard InChI is InChI=1S/C16H14N2O5S2/c17-25(21,22)15-8-11(16(19)20)13(18-9-10-3-1-5-23-10)7-12(15)14-4-2-6-24-14/h1-8,18H,9H2,(H,19,20)(H2,17,21,22). The van der Waals surface area contributed by atoms with E-state index in [0.29, 0.717) is 16.2 Å². The minimum Gasteiger partial charge on any atom is -0.478 e. The van der Waals surface area contributed by atoms with Crippen molar-refractivity contribution in [2.24, 2.45) is 5.14 Å². The molecule has 0 radical (unpaired) electrons. The zero-order valence-corrected chi connectivity index (χ0v) is 14.4. The molecule has 2 aromatic heterocycles. The molecule has 130 valence electrons. The largest absolute Gasteiger partial charge is 0.478 e. The number of hydrogen-bond donors (Lipinski definition) is 3. The van der Waals surface area contributed by atoms with E-state index < -0.39 is 16.0 Å². The Labute approximate surface area is 147 Å². The number of nitrogens with one attached hydrogen (secondary N) is 1. The van der Waals surface area contributed by atoms with Crippen LogP contribution in [0.5, 0.6) is 0 Å². The monoisotopic (exact) mass is 378 g/mol. The van der Waals surface area contributed by atoms with Crippen molar-refractivity contribution >= 4 is 33.0 Å². The van der Waals surface area contributed by atoms with Crippen molar-refractivity contribution in [3.63, 3.8) is 0 Å². The molecule has 0 bridgehead atoms. The molecule has 0 saturated heterocycles. The number of aromatic carboxylic acids is 1. The van der Waals surface area contributed by atoms with Crippen LogP contribution in [0.3, 0.4) is 0 Å². The molecule has 0 aliphatic heterocycles. The summed E-state index contributed by atoms with van der Waals surface area (Å²) in [5.74, 6) is -0.644. The maximum atomic E-state index is 11.9. The first-order valence-corrected chi connectivity index (χ1v) is 9.53. The minimum atomic E-state index is -4.09.